The van der Waals surface area contributed by atoms with Crippen molar-refractivity contribution in [3.05, 3.63) is 28.2 Å². The van der Waals surface area contributed by atoms with Crippen LogP contribution < -0.4 is 10.1 Å². The molecule has 0 radical (unpaired) electrons. The van der Waals surface area contributed by atoms with Crippen LogP contribution in [0.3, 0.4) is 0 Å². The summed E-state index contributed by atoms with van der Waals surface area (Å²) in [4.78, 5) is 12.1. The van der Waals surface area contributed by atoms with Gasteiger partial charge in [0.1, 0.15) is 11.2 Å². The lowest BCUT2D eigenvalue weighted by Gasteiger charge is -2.31. The molecule has 4 heteroatoms. The topological polar surface area (TPSA) is 38.3 Å². The molecule has 0 aliphatic carbocycles. The Kier molecular flexibility index (Phi) is 2.30. The third-order valence-electron chi connectivity index (χ3n) is 3.50. The van der Waals surface area contributed by atoms with Crippen LogP contribution in [0.1, 0.15) is 18.4 Å². The predicted octanol–water partition coefficient (Wildman–Crippen LogP) is 1.99. The SMILES string of the molecule is O=C1Oc2cccc(Br)c2C12CCNCC2. The van der Waals surface area contributed by atoms with Gasteiger partial charge in [-0.2, -0.15) is 0 Å². The van der Waals surface area contributed by atoms with E-state index in [4.69, 9.17) is 4.74 Å². The van der Waals surface area contributed by atoms with Gasteiger partial charge in [0.25, 0.3) is 0 Å². The van der Waals surface area contributed by atoms with Crippen LogP contribution in [0.5, 0.6) is 5.75 Å². The van der Waals surface area contributed by atoms with Gasteiger partial charge >= 0.3 is 5.97 Å². The summed E-state index contributed by atoms with van der Waals surface area (Å²) in [6.07, 6.45) is 1.64. The van der Waals surface area contributed by atoms with Crippen LogP contribution in [0.15, 0.2) is 22.7 Å². The molecule has 1 fully saturated rings. The third kappa shape index (κ3) is 1.26. The van der Waals surface area contributed by atoms with Crippen LogP contribution in [0.4, 0.5) is 0 Å². The van der Waals surface area contributed by atoms with E-state index >= 15 is 0 Å². The van der Waals surface area contributed by atoms with Crippen molar-refractivity contribution >= 4 is 21.9 Å². The molecule has 1 aromatic rings. The summed E-state index contributed by atoms with van der Waals surface area (Å²) in [5.74, 6) is 0.636. The van der Waals surface area contributed by atoms with Gasteiger partial charge in [-0.05, 0) is 38.1 Å². The molecule has 0 saturated carbocycles. The number of ether oxygens (including phenoxy) is 1. The maximum absolute atomic E-state index is 12.1. The van der Waals surface area contributed by atoms with Gasteiger partial charge in [0.05, 0.1) is 0 Å². The van der Waals surface area contributed by atoms with Crippen molar-refractivity contribution in [3.63, 3.8) is 0 Å². The van der Waals surface area contributed by atoms with Crippen molar-refractivity contribution in [3.8, 4) is 5.75 Å². The summed E-state index contributed by atoms with van der Waals surface area (Å²) in [6.45, 7) is 1.74. The zero-order valence-corrected chi connectivity index (χ0v) is 10.3. The molecular formula is C12H12BrNO2. The van der Waals surface area contributed by atoms with Gasteiger partial charge in [-0.25, -0.2) is 0 Å². The fourth-order valence-corrected chi connectivity index (χ4v) is 3.39. The molecule has 0 amide bonds. The van der Waals surface area contributed by atoms with Crippen LogP contribution in [-0.4, -0.2) is 19.1 Å². The van der Waals surface area contributed by atoms with E-state index in [1.165, 1.54) is 0 Å². The summed E-state index contributed by atoms with van der Waals surface area (Å²) in [5.41, 5.74) is 0.627. The molecule has 1 aromatic carbocycles. The number of hydrogen-bond acceptors (Lipinski definition) is 3. The highest BCUT2D eigenvalue weighted by Crippen LogP contribution is 2.48. The molecule has 2 aliphatic rings. The lowest BCUT2D eigenvalue weighted by Crippen LogP contribution is -2.44. The Morgan fingerprint density at radius 3 is 2.81 bits per heavy atom. The molecule has 1 saturated heterocycles. The normalized spacial score (nSPS) is 21.9. The minimum absolute atomic E-state index is 0.0871. The first-order valence-corrected chi connectivity index (χ1v) is 6.25. The number of rotatable bonds is 0. The van der Waals surface area contributed by atoms with Gasteiger partial charge in [-0.15, -0.1) is 0 Å². The monoisotopic (exact) mass is 281 g/mol. The molecule has 0 atom stereocenters. The van der Waals surface area contributed by atoms with Gasteiger partial charge in [0, 0.05) is 10.0 Å². The first-order chi connectivity index (χ1) is 7.74. The average molecular weight is 282 g/mol. The van der Waals surface area contributed by atoms with E-state index < -0.39 is 5.41 Å². The first-order valence-electron chi connectivity index (χ1n) is 5.46. The van der Waals surface area contributed by atoms with E-state index in [9.17, 15) is 4.79 Å². The summed E-state index contributed by atoms with van der Waals surface area (Å²) >= 11 is 3.53. The van der Waals surface area contributed by atoms with Crippen LogP contribution >= 0.6 is 15.9 Å². The standard InChI is InChI=1S/C12H12BrNO2/c13-8-2-1-3-9-10(8)12(11(15)16-9)4-6-14-7-5-12/h1-3,14H,4-7H2. The molecule has 1 N–H and O–H groups in total. The molecule has 3 nitrogen and oxygen atoms in total. The molecule has 0 bridgehead atoms. The Balaban J connectivity index is 2.17. The molecule has 2 heterocycles. The molecular weight excluding hydrogens is 270 g/mol. The fourth-order valence-electron chi connectivity index (χ4n) is 2.66. The smallest absolute Gasteiger partial charge is 0.322 e. The highest BCUT2D eigenvalue weighted by molar-refractivity contribution is 9.10. The maximum atomic E-state index is 12.1. The van der Waals surface area contributed by atoms with E-state index in [0.717, 1.165) is 41.7 Å². The van der Waals surface area contributed by atoms with Crippen LogP contribution in [0, 0.1) is 0 Å². The number of piperidine rings is 1. The molecule has 84 valence electrons. The van der Waals surface area contributed by atoms with E-state index in [2.05, 4.69) is 21.2 Å². The third-order valence-corrected chi connectivity index (χ3v) is 4.17. The quantitative estimate of drug-likeness (QED) is 0.584. The number of carbonyl (C=O) groups is 1. The molecule has 3 rings (SSSR count). The zero-order chi connectivity index (χ0) is 11.2. The summed E-state index contributed by atoms with van der Waals surface area (Å²) < 4.78 is 6.37. The molecule has 16 heavy (non-hydrogen) atoms. The zero-order valence-electron chi connectivity index (χ0n) is 8.75. The van der Waals surface area contributed by atoms with Crippen molar-refractivity contribution in [2.45, 2.75) is 18.3 Å². The number of carbonyl (C=O) groups excluding carboxylic acids is 1. The Morgan fingerprint density at radius 2 is 2.06 bits per heavy atom. The van der Waals surface area contributed by atoms with Crippen molar-refractivity contribution in [2.75, 3.05) is 13.1 Å². The Hall–Kier alpha value is -0.870. The number of esters is 1. The van der Waals surface area contributed by atoms with Crippen molar-refractivity contribution in [2.24, 2.45) is 0 Å². The van der Waals surface area contributed by atoms with Crippen LogP contribution in [0.2, 0.25) is 0 Å². The minimum atomic E-state index is -0.416. The number of hydrogen-bond donors (Lipinski definition) is 1. The molecule has 2 aliphatic heterocycles. The Labute approximate surface area is 102 Å². The molecule has 1 spiro atoms. The van der Waals surface area contributed by atoms with E-state index in [0.29, 0.717) is 0 Å². The van der Waals surface area contributed by atoms with E-state index in [-0.39, 0.29) is 5.97 Å². The van der Waals surface area contributed by atoms with Crippen LogP contribution in [-0.2, 0) is 10.2 Å². The van der Waals surface area contributed by atoms with Gasteiger partial charge < -0.3 is 10.1 Å². The summed E-state index contributed by atoms with van der Waals surface area (Å²) in [7, 11) is 0. The number of fused-ring (bicyclic) bond motifs is 2. The highest BCUT2D eigenvalue weighted by atomic mass is 79.9. The largest absolute Gasteiger partial charge is 0.425 e. The Morgan fingerprint density at radius 1 is 1.31 bits per heavy atom. The lowest BCUT2D eigenvalue weighted by atomic mass is 9.74. The minimum Gasteiger partial charge on any atom is -0.425 e. The first kappa shape index (κ1) is 10.3. The van der Waals surface area contributed by atoms with E-state index in [1.807, 2.05) is 18.2 Å². The van der Waals surface area contributed by atoms with E-state index in [1.54, 1.807) is 0 Å². The fraction of sp³-hybridized carbons (Fsp3) is 0.417. The summed E-state index contributed by atoms with van der Waals surface area (Å²) in [6, 6.07) is 5.75. The van der Waals surface area contributed by atoms with Gasteiger partial charge in [0.15, 0.2) is 0 Å². The van der Waals surface area contributed by atoms with Crippen molar-refractivity contribution in [1.29, 1.82) is 0 Å². The second kappa shape index (κ2) is 3.57. The van der Waals surface area contributed by atoms with Gasteiger partial charge in [-0.3, -0.25) is 4.79 Å². The van der Waals surface area contributed by atoms with Crippen molar-refractivity contribution in [1.82, 2.24) is 5.32 Å². The molecule has 0 aromatic heterocycles. The number of nitrogens with one attached hydrogen (secondary N) is 1. The second-order valence-corrected chi connectivity index (χ2v) is 5.19. The predicted molar refractivity (Wildman–Crippen MR) is 63.6 cm³/mol. The average Bonchev–Trinajstić information content (AvgIpc) is 2.55. The highest BCUT2D eigenvalue weighted by Gasteiger charge is 2.50. The second-order valence-electron chi connectivity index (χ2n) is 4.33. The molecule has 0 unspecified atom stereocenters. The maximum Gasteiger partial charge on any atom is 0.322 e. The van der Waals surface area contributed by atoms with Gasteiger partial charge in [0.2, 0.25) is 0 Å². The number of halogens is 1. The van der Waals surface area contributed by atoms with Crippen LogP contribution in [0.25, 0.3) is 0 Å². The summed E-state index contributed by atoms with van der Waals surface area (Å²) in [5, 5.41) is 3.28. The van der Waals surface area contributed by atoms with Gasteiger partial charge in [-0.1, -0.05) is 22.0 Å². The van der Waals surface area contributed by atoms with Crippen molar-refractivity contribution < 1.29 is 9.53 Å². The Bertz CT molecular complexity index is 452. The number of benzene rings is 1. The lowest BCUT2D eigenvalue weighted by molar-refractivity contribution is -0.139.